The zero-order chi connectivity index (χ0) is 18.6. The van der Waals surface area contributed by atoms with Crippen LogP contribution < -0.4 is 10.1 Å². The van der Waals surface area contributed by atoms with Gasteiger partial charge in [-0.25, -0.2) is 4.79 Å². The van der Waals surface area contributed by atoms with Gasteiger partial charge in [0.15, 0.2) is 0 Å². The molecule has 1 aliphatic heterocycles. The van der Waals surface area contributed by atoms with Crippen LogP contribution in [0.4, 0.5) is 5.69 Å². The Kier molecular flexibility index (Phi) is 6.40. The van der Waals surface area contributed by atoms with Crippen LogP contribution >= 0.6 is 15.9 Å². The highest BCUT2D eigenvalue weighted by atomic mass is 79.9. The van der Waals surface area contributed by atoms with Crippen molar-refractivity contribution >= 4 is 33.5 Å². The number of nitrogens with one attached hydrogen (secondary N) is 1. The molecule has 1 aromatic carbocycles. The van der Waals surface area contributed by atoms with Gasteiger partial charge in [-0.15, -0.1) is 0 Å². The van der Waals surface area contributed by atoms with E-state index < -0.39 is 11.9 Å². The lowest BCUT2D eigenvalue weighted by Crippen LogP contribution is -2.31. The summed E-state index contributed by atoms with van der Waals surface area (Å²) in [6.07, 6.45) is 0. The minimum atomic E-state index is -0.641. The number of anilines is 1. The summed E-state index contributed by atoms with van der Waals surface area (Å²) < 4.78 is 10.7. The molecule has 0 aromatic heterocycles. The molecule has 0 saturated carbocycles. The quantitative estimate of drug-likeness (QED) is 0.561. The minimum absolute atomic E-state index is 0.0295. The fraction of sp³-hybridized carbons (Fsp3) is 0.375. The molecule has 0 radical (unpaired) electrons. The largest absolute Gasteiger partial charge is 0.495 e. The minimum Gasteiger partial charge on any atom is -0.495 e. The third-order valence-corrected chi connectivity index (χ3v) is 4.20. The molecule has 0 aliphatic carbocycles. The molecular weight excluding hydrogens is 396 g/mol. The molecule has 0 fully saturated rings. The Labute approximate surface area is 153 Å². The van der Waals surface area contributed by atoms with Gasteiger partial charge >= 0.3 is 5.97 Å². The molecule has 0 spiro atoms. The zero-order valence-electron chi connectivity index (χ0n) is 13.8. The van der Waals surface area contributed by atoms with Crippen LogP contribution in [-0.2, 0) is 20.9 Å². The summed E-state index contributed by atoms with van der Waals surface area (Å²) in [4.78, 5) is 25.9. The van der Waals surface area contributed by atoms with Gasteiger partial charge in [-0.1, -0.05) is 15.9 Å². The monoisotopic (exact) mass is 414 g/mol. The number of nitrogens with zero attached hydrogens (tertiary/aromatic N) is 1. The average molecular weight is 415 g/mol. The van der Waals surface area contributed by atoms with E-state index in [4.69, 9.17) is 14.6 Å². The van der Waals surface area contributed by atoms with Crippen LogP contribution in [0.3, 0.4) is 0 Å². The molecule has 3 N–H and O–H groups in total. The van der Waals surface area contributed by atoms with Crippen molar-refractivity contribution in [3.8, 4) is 5.75 Å². The van der Waals surface area contributed by atoms with Crippen LogP contribution in [0.1, 0.15) is 5.56 Å². The number of benzene rings is 1. The van der Waals surface area contributed by atoms with Gasteiger partial charge in [-0.3, -0.25) is 4.79 Å². The maximum absolute atomic E-state index is 12.6. The highest BCUT2D eigenvalue weighted by Gasteiger charge is 2.35. The fourth-order valence-corrected chi connectivity index (χ4v) is 3.02. The molecule has 1 heterocycles. The molecule has 1 aliphatic rings. The number of esters is 1. The molecule has 0 saturated heterocycles. The summed E-state index contributed by atoms with van der Waals surface area (Å²) in [6, 6.07) is 3.35. The van der Waals surface area contributed by atoms with Crippen molar-refractivity contribution in [2.45, 2.75) is 6.61 Å². The van der Waals surface area contributed by atoms with Gasteiger partial charge in [-0.05, 0) is 12.1 Å². The molecule has 25 heavy (non-hydrogen) atoms. The number of ether oxygens (including phenoxy) is 2. The van der Waals surface area contributed by atoms with Crippen LogP contribution in [0.5, 0.6) is 5.75 Å². The smallest absolute Gasteiger partial charge is 0.337 e. The van der Waals surface area contributed by atoms with Crippen LogP contribution in [0, 0.1) is 0 Å². The summed E-state index contributed by atoms with van der Waals surface area (Å²) in [5.41, 5.74) is 1.05. The topological polar surface area (TPSA) is 108 Å². The van der Waals surface area contributed by atoms with Crippen LogP contribution in [0.25, 0.3) is 0 Å². The molecule has 136 valence electrons. The zero-order valence-corrected chi connectivity index (χ0v) is 15.4. The molecule has 1 aromatic rings. The van der Waals surface area contributed by atoms with Gasteiger partial charge in [0, 0.05) is 16.6 Å². The number of aliphatic hydroxyl groups is 2. The Morgan fingerprint density at radius 2 is 2.08 bits per heavy atom. The normalized spacial score (nSPS) is 14.1. The van der Waals surface area contributed by atoms with E-state index in [1.54, 1.807) is 12.1 Å². The van der Waals surface area contributed by atoms with Crippen LogP contribution in [0.2, 0.25) is 0 Å². The molecular formula is C16H19BrN2O6. The number of methoxy groups -OCH3 is 2. The van der Waals surface area contributed by atoms with E-state index in [1.807, 2.05) is 0 Å². The van der Waals surface area contributed by atoms with E-state index in [-0.39, 0.29) is 37.6 Å². The summed E-state index contributed by atoms with van der Waals surface area (Å²) >= 11 is 3.32. The summed E-state index contributed by atoms with van der Waals surface area (Å²) in [5.74, 6) is -0.690. The number of hydrogen-bond acceptors (Lipinski definition) is 7. The van der Waals surface area contributed by atoms with Crippen molar-refractivity contribution in [1.29, 1.82) is 0 Å². The maximum atomic E-state index is 12.6. The first-order valence-electron chi connectivity index (χ1n) is 7.42. The molecule has 0 unspecified atom stereocenters. The third kappa shape index (κ3) is 3.94. The van der Waals surface area contributed by atoms with Crippen molar-refractivity contribution in [2.24, 2.45) is 0 Å². The third-order valence-electron chi connectivity index (χ3n) is 3.74. The standard InChI is InChI=1S/C16H19BrN2O6/c1-24-12-6-10(17)5-9(8-21)13(12)18-14-11(16(23)25-2)7-19(3-4-20)15(14)22/h5-6,18,20-21H,3-4,7-8H2,1-2H3. The van der Waals surface area contributed by atoms with Crippen molar-refractivity contribution in [2.75, 3.05) is 39.2 Å². The Balaban J connectivity index is 2.48. The van der Waals surface area contributed by atoms with Gasteiger partial charge in [0.05, 0.1) is 45.2 Å². The second kappa shape index (κ2) is 8.32. The lowest BCUT2D eigenvalue weighted by molar-refractivity contribution is -0.136. The van der Waals surface area contributed by atoms with E-state index >= 15 is 0 Å². The Morgan fingerprint density at radius 1 is 1.36 bits per heavy atom. The van der Waals surface area contributed by atoms with Crippen LogP contribution in [0.15, 0.2) is 27.9 Å². The van der Waals surface area contributed by atoms with Crippen molar-refractivity contribution in [3.63, 3.8) is 0 Å². The van der Waals surface area contributed by atoms with Gasteiger partial charge in [0.2, 0.25) is 0 Å². The summed E-state index contributed by atoms with van der Waals surface area (Å²) in [7, 11) is 2.68. The maximum Gasteiger partial charge on any atom is 0.337 e. The van der Waals surface area contributed by atoms with Crippen LogP contribution in [-0.4, -0.2) is 60.9 Å². The lowest BCUT2D eigenvalue weighted by Gasteiger charge is -2.18. The lowest BCUT2D eigenvalue weighted by atomic mass is 10.1. The first kappa shape index (κ1) is 19.2. The molecule has 2 rings (SSSR count). The van der Waals surface area contributed by atoms with E-state index in [9.17, 15) is 14.7 Å². The highest BCUT2D eigenvalue weighted by Crippen LogP contribution is 2.35. The van der Waals surface area contributed by atoms with E-state index in [0.717, 1.165) is 0 Å². The first-order chi connectivity index (χ1) is 12.0. The van der Waals surface area contributed by atoms with E-state index in [2.05, 4.69) is 21.2 Å². The fourth-order valence-electron chi connectivity index (χ4n) is 2.54. The van der Waals surface area contributed by atoms with E-state index in [0.29, 0.717) is 21.5 Å². The predicted octanol–water partition coefficient (Wildman–Crippen LogP) is 0.623. The second-order valence-electron chi connectivity index (χ2n) is 5.22. The number of aliphatic hydroxyl groups excluding tert-OH is 2. The number of carbonyl (C=O) groups excluding carboxylic acids is 2. The number of amides is 1. The Bertz CT molecular complexity index is 694. The summed E-state index contributed by atoms with van der Waals surface area (Å²) in [6.45, 7) is -0.402. The first-order valence-corrected chi connectivity index (χ1v) is 8.22. The Hall–Kier alpha value is -2.10. The SMILES string of the molecule is COC(=O)C1=C(Nc2c(CO)cc(Br)cc2OC)C(=O)N(CCO)C1. The number of β-amino-alcohol motifs (C(OH)–C–C–N with tert-alkyl or cyclic N) is 1. The molecule has 0 bridgehead atoms. The molecule has 1 amide bonds. The van der Waals surface area contributed by atoms with Crippen molar-refractivity contribution in [1.82, 2.24) is 4.90 Å². The predicted molar refractivity (Wildman–Crippen MR) is 92.9 cm³/mol. The number of rotatable bonds is 7. The molecule has 0 atom stereocenters. The molecule has 8 nitrogen and oxygen atoms in total. The summed E-state index contributed by atoms with van der Waals surface area (Å²) in [5, 5.41) is 21.6. The average Bonchev–Trinajstić information content (AvgIpc) is 2.91. The van der Waals surface area contributed by atoms with Gasteiger partial charge in [-0.2, -0.15) is 0 Å². The van der Waals surface area contributed by atoms with Crippen molar-refractivity contribution in [3.05, 3.63) is 33.4 Å². The van der Waals surface area contributed by atoms with Gasteiger partial charge < -0.3 is 29.9 Å². The van der Waals surface area contributed by atoms with Crippen molar-refractivity contribution < 1.29 is 29.3 Å². The van der Waals surface area contributed by atoms with Gasteiger partial charge in [0.25, 0.3) is 5.91 Å². The number of hydrogen-bond donors (Lipinski definition) is 3. The number of carbonyl (C=O) groups is 2. The number of halogens is 1. The highest BCUT2D eigenvalue weighted by molar-refractivity contribution is 9.10. The van der Waals surface area contributed by atoms with Gasteiger partial charge in [0.1, 0.15) is 11.4 Å². The Morgan fingerprint density at radius 3 is 2.64 bits per heavy atom. The second-order valence-corrected chi connectivity index (χ2v) is 6.14. The molecule has 9 heteroatoms. The van der Waals surface area contributed by atoms with E-state index in [1.165, 1.54) is 19.1 Å².